The Bertz CT molecular complexity index is 356. The van der Waals surface area contributed by atoms with Gasteiger partial charge in [-0.1, -0.05) is 6.92 Å². The molecule has 0 saturated carbocycles. The second-order valence-electron chi connectivity index (χ2n) is 3.70. The zero-order valence-electron chi connectivity index (χ0n) is 10.5. The van der Waals surface area contributed by atoms with Crippen molar-refractivity contribution in [1.82, 2.24) is 9.97 Å². The van der Waals surface area contributed by atoms with Crippen molar-refractivity contribution in [3.05, 3.63) is 6.33 Å². The van der Waals surface area contributed by atoms with Gasteiger partial charge in [-0.05, 0) is 6.42 Å². The summed E-state index contributed by atoms with van der Waals surface area (Å²) in [5.41, 5.74) is 6.26. The fourth-order valence-corrected chi connectivity index (χ4v) is 1.50. The van der Waals surface area contributed by atoms with Gasteiger partial charge in [-0.2, -0.15) is 4.98 Å². The standard InChI is InChI=1S/C11H20N4O3/c1-2-7-18-11-9(12)10(13-8-14-11)15(3-5-16)4-6-17/h8,16-17H,2-7,12H2,1H3. The van der Waals surface area contributed by atoms with Crippen LogP contribution in [0, 0.1) is 0 Å². The molecular formula is C11H20N4O3. The summed E-state index contributed by atoms with van der Waals surface area (Å²) in [4.78, 5) is 9.73. The highest BCUT2D eigenvalue weighted by molar-refractivity contribution is 5.67. The monoisotopic (exact) mass is 256 g/mol. The quantitative estimate of drug-likeness (QED) is 0.583. The van der Waals surface area contributed by atoms with Crippen LogP contribution in [-0.4, -0.2) is 53.1 Å². The number of hydrogen-bond donors (Lipinski definition) is 3. The molecule has 7 nitrogen and oxygen atoms in total. The molecule has 1 aromatic rings. The third-order valence-electron chi connectivity index (χ3n) is 2.31. The molecule has 0 amide bonds. The lowest BCUT2D eigenvalue weighted by atomic mass is 10.4. The highest BCUT2D eigenvalue weighted by Gasteiger charge is 2.15. The van der Waals surface area contributed by atoms with Gasteiger partial charge in [-0.25, -0.2) is 4.98 Å². The van der Waals surface area contributed by atoms with Gasteiger partial charge in [0, 0.05) is 13.1 Å². The molecule has 0 unspecified atom stereocenters. The van der Waals surface area contributed by atoms with Crippen LogP contribution >= 0.6 is 0 Å². The van der Waals surface area contributed by atoms with E-state index < -0.39 is 0 Å². The van der Waals surface area contributed by atoms with E-state index in [1.165, 1.54) is 6.33 Å². The summed E-state index contributed by atoms with van der Waals surface area (Å²) < 4.78 is 5.41. The first-order chi connectivity index (χ1) is 8.74. The fraction of sp³-hybridized carbons (Fsp3) is 0.636. The van der Waals surface area contributed by atoms with Gasteiger partial charge >= 0.3 is 0 Å². The highest BCUT2D eigenvalue weighted by atomic mass is 16.5. The Morgan fingerprint density at radius 3 is 2.50 bits per heavy atom. The molecule has 0 aliphatic rings. The summed E-state index contributed by atoms with van der Waals surface area (Å²) in [5.74, 6) is 0.807. The van der Waals surface area contributed by atoms with Crippen molar-refractivity contribution in [3.63, 3.8) is 0 Å². The minimum absolute atomic E-state index is 0.0470. The Morgan fingerprint density at radius 1 is 1.28 bits per heavy atom. The van der Waals surface area contributed by atoms with Crippen LogP contribution in [0.3, 0.4) is 0 Å². The molecular weight excluding hydrogens is 236 g/mol. The van der Waals surface area contributed by atoms with E-state index in [1.807, 2.05) is 6.92 Å². The van der Waals surface area contributed by atoms with E-state index in [1.54, 1.807) is 4.90 Å². The van der Waals surface area contributed by atoms with Crippen molar-refractivity contribution in [2.24, 2.45) is 0 Å². The molecule has 0 fully saturated rings. The Hall–Kier alpha value is -1.60. The predicted octanol–water partition coefficient (Wildman–Crippen LogP) is -0.361. The first-order valence-corrected chi connectivity index (χ1v) is 5.94. The van der Waals surface area contributed by atoms with Crippen molar-refractivity contribution in [2.75, 3.05) is 43.5 Å². The predicted molar refractivity (Wildman–Crippen MR) is 68.6 cm³/mol. The van der Waals surface area contributed by atoms with Crippen LogP contribution in [0.4, 0.5) is 11.5 Å². The number of nitrogens with zero attached hydrogens (tertiary/aromatic N) is 3. The lowest BCUT2D eigenvalue weighted by Crippen LogP contribution is -2.31. The summed E-state index contributed by atoms with van der Waals surface area (Å²) in [7, 11) is 0. The number of anilines is 2. The Kier molecular flexibility index (Phi) is 6.16. The van der Waals surface area contributed by atoms with Crippen molar-refractivity contribution < 1.29 is 14.9 Å². The second-order valence-corrected chi connectivity index (χ2v) is 3.70. The number of nitrogen functional groups attached to an aromatic ring is 1. The summed E-state index contributed by atoms with van der Waals surface area (Å²) in [6, 6.07) is 0. The molecule has 102 valence electrons. The first kappa shape index (κ1) is 14.5. The second kappa shape index (κ2) is 7.67. The maximum atomic E-state index is 8.99. The zero-order valence-corrected chi connectivity index (χ0v) is 10.5. The maximum Gasteiger partial charge on any atom is 0.242 e. The van der Waals surface area contributed by atoms with E-state index in [0.29, 0.717) is 37.1 Å². The van der Waals surface area contributed by atoms with Gasteiger partial charge in [0.15, 0.2) is 5.82 Å². The number of hydrogen-bond acceptors (Lipinski definition) is 7. The molecule has 1 rings (SSSR count). The van der Waals surface area contributed by atoms with Gasteiger partial charge in [0.25, 0.3) is 0 Å². The van der Waals surface area contributed by atoms with Crippen LogP contribution in [-0.2, 0) is 0 Å². The molecule has 0 atom stereocenters. The zero-order chi connectivity index (χ0) is 13.4. The number of aliphatic hydroxyl groups is 2. The van der Waals surface area contributed by atoms with Crippen molar-refractivity contribution in [2.45, 2.75) is 13.3 Å². The number of aliphatic hydroxyl groups excluding tert-OH is 2. The molecule has 7 heteroatoms. The van der Waals surface area contributed by atoms with Gasteiger partial charge in [0.2, 0.25) is 5.88 Å². The minimum Gasteiger partial charge on any atom is -0.476 e. The van der Waals surface area contributed by atoms with E-state index >= 15 is 0 Å². The number of rotatable bonds is 8. The fourth-order valence-electron chi connectivity index (χ4n) is 1.50. The van der Waals surface area contributed by atoms with Crippen molar-refractivity contribution >= 4 is 11.5 Å². The van der Waals surface area contributed by atoms with Gasteiger partial charge in [-0.3, -0.25) is 0 Å². The number of aromatic nitrogens is 2. The Morgan fingerprint density at radius 2 is 1.94 bits per heavy atom. The van der Waals surface area contributed by atoms with E-state index in [4.69, 9.17) is 20.7 Å². The van der Waals surface area contributed by atoms with Gasteiger partial charge < -0.3 is 25.6 Å². The molecule has 4 N–H and O–H groups in total. The third-order valence-corrected chi connectivity index (χ3v) is 2.31. The van der Waals surface area contributed by atoms with E-state index in [-0.39, 0.29) is 13.2 Å². The number of nitrogens with two attached hydrogens (primary N) is 1. The van der Waals surface area contributed by atoms with Crippen molar-refractivity contribution in [1.29, 1.82) is 0 Å². The van der Waals surface area contributed by atoms with Crippen LogP contribution in [0.15, 0.2) is 6.33 Å². The minimum atomic E-state index is -0.0470. The third kappa shape index (κ3) is 3.71. The lowest BCUT2D eigenvalue weighted by Gasteiger charge is -2.23. The van der Waals surface area contributed by atoms with Crippen LogP contribution in [0.1, 0.15) is 13.3 Å². The summed E-state index contributed by atoms with van der Waals surface area (Å²) in [6.45, 7) is 3.11. The van der Waals surface area contributed by atoms with Crippen LogP contribution < -0.4 is 15.4 Å². The molecule has 0 bridgehead atoms. The largest absolute Gasteiger partial charge is 0.476 e. The van der Waals surface area contributed by atoms with Gasteiger partial charge in [0.1, 0.15) is 12.0 Å². The SMILES string of the molecule is CCCOc1ncnc(N(CCO)CCO)c1N. The molecule has 1 aromatic heterocycles. The van der Waals surface area contributed by atoms with E-state index in [0.717, 1.165) is 6.42 Å². The molecule has 0 radical (unpaired) electrons. The summed E-state index contributed by atoms with van der Waals surface area (Å²) >= 11 is 0. The smallest absolute Gasteiger partial charge is 0.242 e. The molecule has 0 saturated heterocycles. The Labute approximate surface area is 106 Å². The van der Waals surface area contributed by atoms with E-state index in [9.17, 15) is 0 Å². The average Bonchev–Trinajstić information content (AvgIpc) is 2.37. The normalized spacial score (nSPS) is 10.4. The molecule has 18 heavy (non-hydrogen) atoms. The van der Waals surface area contributed by atoms with Crippen LogP contribution in [0.2, 0.25) is 0 Å². The lowest BCUT2D eigenvalue weighted by molar-refractivity contribution is 0.280. The Balaban J connectivity index is 2.91. The number of ether oxygens (including phenoxy) is 1. The first-order valence-electron chi connectivity index (χ1n) is 5.94. The molecule has 0 spiro atoms. The topological polar surface area (TPSA) is 105 Å². The van der Waals surface area contributed by atoms with E-state index in [2.05, 4.69) is 9.97 Å². The molecule has 0 aliphatic carbocycles. The highest BCUT2D eigenvalue weighted by Crippen LogP contribution is 2.27. The van der Waals surface area contributed by atoms with Crippen molar-refractivity contribution in [3.8, 4) is 5.88 Å². The molecule has 0 aliphatic heterocycles. The van der Waals surface area contributed by atoms with Crippen LogP contribution in [0.25, 0.3) is 0 Å². The average molecular weight is 256 g/mol. The van der Waals surface area contributed by atoms with Gasteiger partial charge in [-0.15, -0.1) is 0 Å². The van der Waals surface area contributed by atoms with Gasteiger partial charge in [0.05, 0.1) is 19.8 Å². The molecule has 1 heterocycles. The van der Waals surface area contributed by atoms with Crippen LogP contribution in [0.5, 0.6) is 5.88 Å². The summed E-state index contributed by atoms with van der Waals surface area (Å²) in [5, 5.41) is 18.0. The molecule has 0 aromatic carbocycles. The summed E-state index contributed by atoms with van der Waals surface area (Å²) in [6.07, 6.45) is 2.22. The maximum absolute atomic E-state index is 8.99.